The van der Waals surface area contributed by atoms with Crippen LogP contribution in [-0.2, 0) is 28.4 Å². The zero-order valence-corrected chi connectivity index (χ0v) is 23.2. The monoisotopic (exact) mass is 612 g/mol. The van der Waals surface area contributed by atoms with Gasteiger partial charge in [0.2, 0.25) is 0 Å². The lowest BCUT2D eigenvalue weighted by Crippen LogP contribution is -2.65. The fourth-order valence-electron chi connectivity index (χ4n) is 5.87. The van der Waals surface area contributed by atoms with Gasteiger partial charge >= 0.3 is 0 Å². The van der Waals surface area contributed by atoms with Crippen LogP contribution in [0.5, 0.6) is 0 Å². The normalized spacial score (nSPS) is 51.0. The van der Waals surface area contributed by atoms with Gasteiger partial charge in [-0.15, -0.1) is 0 Å². The third-order valence-electron chi connectivity index (χ3n) is 8.50. The largest absolute Gasteiger partial charge is 0.394 e. The van der Waals surface area contributed by atoms with Crippen molar-refractivity contribution in [1.29, 1.82) is 0 Å². The summed E-state index contributed by atoms with van der Waals surface area (Å²) in [5.41, 5.74) is 35.9. The highest BCUT2D eigenvalue weighted by Crippen LogP contribution is 2.34. The minimum absolute atomic E-state index is 0.0236. The fourth-order valence-corrected chi connectivity index (χ4v) is 5.87. The van der Waals surface area contributed by atoms with Crippen molar-refractivity contribution in [2.24, 2.45) is 34.4 Å². The first-order chi connectivity index (χ1) is 19.9. The van der Waals surface area contributed by atoms with E-state index in [-0.39, 0.29) is 19.5 Å². The molecule has 0 radical (unpaired) electrons. The SMILES string of the molecule is NCC(O)C1CCC(N)C(OC2C(N)CC(N)C(O)C2OC2OC(CO)C(OC3OC(CN)C(O)C(O)C3N)C2O)O1. The van der Waals surface area contributed by atoms with Crippen molar-refractivity contribution in [2.75, 3.05) is 19.7 Å². The molecule has 42 heavy (non-hydrogen) atoms. The highest BCUT2D eigenvalue weighted by molar-refractivity contribution is 5.01. The molecule has 0 aromatic carbocycles. The lowest BCUT2D eigenvalue weighted by atomic mass is 9.84. The summed E-state index contributed by atoms with van der Waals surface area (Å²) in [7, 11) is 0. The Kier molecular flexibility index (Phi) is 11.9. The molecule has 0 aromatic rings. The Morgan fingerprint density at radius 2 is 1.31 bits per heavy atom. The quantitative estimate of drug-likeness (QED) is 0.109. The number of rotatable bonds is 10. The van der Waals surface area contributed by atoms with Gasteiger partial charge in [-0.3, -0.25) is 0 Å². The Balaban J connectivity index is 1.48. The summed E-state index contributed by atoms with van der Waals surface area (Å²) in [5, 5.41) is 62.7. The molecule has 0 bridgehead atoms. The van der Waals surface area contributed by atoms with Crippen LogP contribution in [0.4, 0.5) is 0 Å². The van der Waals surface area contributed by atoms with E-state index in [1.807, 2.05) is 0 Å². The van der Waals surface area contributed by atoms with Crippen LogP contribution in [0, 0.1) is 0 Å². The number of ether oxygens (including phenoxy) is 6. The standard InChI is InChI=1S/C24H48N6O12/c25-4-10(32)11-2-1-7(27)22(37-11)40-19-9(29)3-8(28)15(33)21(19)42-24-18(36)20(13(6-31)39-24)41-23-14(30)17(35)16(34)12(5-26)38-23/h7-24,31-36H,1-6,25-30H2. The molecular formula is C24H48N6O12. The lowest BCUT2D eigenvalue weighted by molar-refractivity contribution is -0.293. The first-order valence-corrected chi connectivity index (χ1v) is 14.3. The van der Waals surface area contributed by atoms with Crippen LogP contribution in [0.3, 0.4) is 0 Å². The molecule has 18 heteroatoms. The molecule has 4 rings (SSSR count). The highest BCUT2D eigenvalue weighted by atomic mass is 16.8. The van der Waals surface area contributed by atoms with Gasteiger partial charge < -0.3 is 93.5 Å². The van der Waals surface area contributed by atoms with E-state index in [4.69, 9.17) is 62.8 Å². The van der Waals surface area contributed by atoms with Crippen LogP contribution in [0.2, 0.25) is 0 Å². The van der Waals surface area contributed by atoms with E-state index in [1.165, 1.54) is 0 Å². The molecule has 1 saturated carbocycles. The van der Waals surface area contributed by atoms with E-state index in [1.54, 1.807) is 0 Å². The molecular weight excluding hydrogens is 564 g/mol. The zero-order chi connectivity index (χ0) is 30.9. The third-order valence-corrected chi connectivity index (χ3v) is 8.50. The van der Waals surface area contributed by atoms with Gasteiger partial charge in [0, 0.05) is 25.2 Å². The molecule has 4 fully saturated rings. The summed E-state index contributed by atoms with van der Waals surface area (Å²) in [6, 6.07) is -3.36. The Bertz CT molecular complexity index is 854. The van der Waals surface area contributed by atoms with Gasteiger partial charge in [-0.25, -0.2) is 0 Å². The summed E-state index contributed by atoms with van der Waals surface area (Å²) in [5.74, 6) is 0. The Hall–Kier alpha value is -0.720. The maximum Gasteiger partial charge on any atom is 0.187 e. The molecule has 18 atom stereocenters. The van der Waals surface area contributed by atoms with Crippen LogP contribution in [0.1, 0.15) is 19.3 Å². The number of nitrogens with two attached hydrogens (primary N) is 6. The zero-order valence-electron chi connectivity index (χ0n) is 23.2. The second-order valence-electron chi connectivity index (χ2n) is 11.5. The summed E-state index contributed by atoms with van der Waals surface area (Å²) in [6.45, 7) is -0.785. The number of hydrogen-bond acceptors (Lipinski definition) is 18. The maximum atomic E-state index is 11.1. The second-order valence-corrected chi connectivity index (χ2v) is 11.5. The van der Waals surface area contributed by atoms with E-state index in [0.717, 1.165) is 0 Å². The van der Waals surface area contributed by atoms with Gasteiger partial charge in [-0.05, 0) is 19.3 Å². The smallest absolute Gasteiger partial charge is 0.187 e. The van der Waals surface area contributed by atoms with Crippen molar-refractivity contribution in [3.05, 3.63) is 0 Å². The average Bonchev–Trinajstić information content (AvgIpc) is 3.27. The van der Waals surface area contributed by atoms with Crippen molar-refractivity contribution in [3.8, 4) is 0 Å². The molecule has 18 nitrogen and oxygen atoms in total. The molecule has 3 heterocycles. The number of hydrogen-bond donors (Lipinski definition) is 12. The van der Waals surface area contributed by atoms with Crippen LogP contribution in [0.25, 0.3) is 0 Å². The van der Waals surface area contributed by atoms with E-state index in [0.29, 0.717) is 12.8 Å². The Labute approximate surface area is 243 Å². The topological polar surface area (TPSA) is 333 Å². The molecule has 18 N–H and O–H groups in total. The molecule has 3 saturated heterocycles. The predicted molar refractivity (Wildman–Crippen MR) is 142 cm³/mol. The summed E-state index contributed by atoms with van der Waals surface area (Å²) in [4.78, 5) is 0. The molecule has 0 amide bonds. The van der Waals surface area contributed by atoms with Crippen LogP contribution >= 0.6 is 0 Å². The Morgan fingerprint density at radius 3 is 1.95 bits per heavy atom. The molecule has 3 aliphatic heterocycles. The van der Waals surface area contributed by atoms with Crippen molar-refractivity contribution < 1.29 is 59.1 Å². The van der Waals surface area contributed by atoms with Gasteiger partial charge in [0.1, 0.15) is 48.8 Å². The molecule has 0 spiro atoms. The van der Waals surface area contributed by atoms with E-state index < -0.39 is 117 Å². The first kappa shape index (κ1) is 34.2. The van der Waals surface area contributed by atoms with Gasteiger partial charge in [-0.2, -0.15) is 0 Å². The van der Waals surface area contributed by atoms with E-state index in [2.05, 4.69) is 0 Å². The van der Waals surface area contributed by atoms with E-state index >= 15 is 0 Å². The highest BCUT2D eigenvalue weighted by Gasteiger charge is 2.53. The average molecular weight is 613 g/mol. The minimum atomic E-state index is -1.56. The van der Waals surface area contributed by atoms with Crippen molar-refractivity contribution in [3.63, 3.8) is 0 Å². The van der Waals surface area contributed by atoms with Gasteiger partial charge in [0.15, 0.2) is 18.9 Å². The summed E-state index contributed by atoms with van der Waals surface area (Å²) in [6.07, 6.45) is -15.6. The molecule has 4 aliphatic rings. The van der Waals surface area contributed by atoms with E-state index in [9.17, 15) is 30.6 Å². The molecule has 18 unspecified atom stereocenters. The Morgan fingerprint density at radius 1 is 0.667 bits per heavy atom. The van der Waals surface area contributed by atoms with Crippen LogP contribution in [-0.4, -0.2) is 161 Å². The third kappa shape index (κ3) is 7.06. The fraction of sp³-hybridized carbons (Fsp3) is 1.00. The van der Waals surface area contributed by atoms with Crippen LogP contribution < -0.4 is 34.4 Å². The van der Waals surface area contributed by atoms with Crippen LogP contribution in [0.15, 0.2) is 0 Å². The van der Waals surface area contributed by atoms with Gasteiger partial charge in [0.05, 0.1) is 37.0 Å². The number of aliphatic hydroxyl groups excluding tert-OH is 6. The van der Waals surface area contributed by atoms with Crippen molar-refractivity contribution in [1.82, 2.24) is 0 Å². The maximum absolute atomic E-state index is 11.1. The van der Waals surface area contributed by atoms with Gasteiger partial charge in [0.25, 0.3) is 0 Å². The second kappa shape index (κ2) is 14.6. The summed E-state index contributed by atoms with van der Waals surface area (Å²) >= 11 is 0. The summed E-state index contributed by atoms with van der Waals surface area (Å²) < 4.78 is 35.2. The van der Waals surface area contributed by atoms with Gasteiger partial charge in [-0.1, -0.05) is 0 Å². The molecule has 0 aromatic heterocycles. The number of aliphatic hydroxyl groups is 6. The lowest BCUT2D eigenvalue weighted by Gasteiger charge is -2.46. The van der Waals surface area contributed by atoms with Crippen molar-refractivity contribution in [2.45, 2.75) is 129 Å². The molecule has 1 aliphatic carbocycles. The predicted octanol–water partition coefficient (Wildman–Crippen LogP) is -7.48. The first-order valence-electron chi connectivity index (χ1n) is 14.3. The van der Waals surface area contributed by atoms with Crippen molar-refractivity contribution >= 4 is 0 Å². The molecule has 246 valence electrons. The minimum Gasteiger partial charge on any atom is -0.394 e.